The van der Waals surface area contributed by atoms with Crippen LogP contribution >= 0.6 is 0 Å². The van der Waals surface area contributed by atoms with Gasteiger partial charge in [-0.2, -0.15) is 0 Å². The molecule has 0 radical (unpaired) electrons. The van der Waals surface area contributed by atoms with Crippen molar-refractivity contribution in [1.29, 1.82) is 0 Å². The van der Waals surface area contributed by atoms with Crippen LogP contribution in [-0.2, 0) is 11.3 Å². The van der Waals surface area contributed by atoms with Crippen molar-refractivity contribution in [3.63, 3.8) is 0 Å². The minimum Gasteiger partial charge on any atom is -0.454 e. The summed E-state index contributed by atoms with van der Waals surface area (Å²) in [5.74, 6) is 1.25. The Balaban J connectivity index is 1.56. The molecule has 6 heteroatoms. The smallest absolute Gasteiger partial charge is 0.254 e. The third-order valence-corrected chi connectivity index (χ3v) is 4.45. The molecule has 2 aliphatic heterocycles. The molecule has 2 aromatic rings. The number of hydrogen-bond acceptors (Lipinski definition) is 5. The summed E-state index contributed by atoms with van der Waals surface area (Å²) < 4.78 is 16.4. The predicted molar refractivity (Wildman–Crippen MR) is 90.5 cm³/mol. The van der Waals surface area contributed by atoms with Crippen molar-refractivity contribution in [2.24, 2.45) is 0 Å². The minimum absolute atomic E-state index is 0.0438. The number of nitrogens with zero attached hydrogens (tertiary/aromatic N) is 2. The zero-order valence-corrected chi connectivity index (χ0v) is 13.9. The van der Waals surface area contributed by atoms with Gasteiger partial charge in [-0.05, 0) is 42.7 Å². The second kappa shape index (κ2) is 7.11. The van der Waals surface area contributed by atoms with Gasteiger partial charge < -0.3 is 19.1 Å². The van der Waals surface area contributed by atoms with Gasteiger partial charge in [-0.3, -0.25) is 9.78 Å². The second-order valence-corrected chi connectivity index (χ2v) is 6.25. The fourth-order valence-corrected chi connectivity index (χ4v) is 3.18. The van der Waals surface area contributed by atoms with Crippen LogP contribution in [0.1, 0.15) is 28.8 Å². The molecule has 1 fully saturated rings. The highest BCUT2D eigenvalue weighted by Crippen LogP contribution is 2.33. The van der Waals surface area contributed by atoms with E-state index in [1.54, 1.807) is 30.6 Å². The molecule has 1 atom stereocenters. The largest absolute Gasteiger partial charge is 0.454 e. The molecule has 2 aliphatic rings. The zero-order chi connectivity index (χ0) is 17.1. The Bertz CT molecular complexity index is 744. The predicted octanol–water partition coefficient (Wildman–Crippen LogP) is 2.63. The molecule has 0 saturated carbocycles. The van der Waals surface area contributed by atoms with Gasteiger partial charge in [0.2, 0.25) is 6.79 Å². The first-order chi connectivity index (χ1) is 12.3. The molecule has 25 heavy (non-hydrogen) atoms. The van der Waals surface area contributed by atoms with E-state index in [1.165, 1.54) is 0 Å². The molecular weight excluding hydrogens is 320 g/mol. The first kappa shape index (κ1) is 15.9. The van der Waals surface area contributed by atoms with E-state index in [9.17, 15) is 4.79 Å². The van der Waals surface area contributed by atoms with E-state index in [0.29, 0.717) is 30.2 Å². The molecule has 6 nitrogen and oxygen atoms in total. The van der Waals surface area contributed by atoms with E-state index < -0.39 is 0 Å². The van der Waals surface area contributed by atoms with E-state index in [1.807, 2.05) is 17.0 Å². The minimum atomic E-state index is -0.0438. The molecule has 4 rings (SSSR count). The Morgan fingerprint density at radius 1 is 1.24 bits per heavy atom. The van der Waals surface area contributed by atoms with Crippen molar-refractivity contribution < 1.29 is 19.0 Å². The molecule has 1 aromatic carbocycles. The highest BCUT2D eigenvalue weighted by molar-refractivity contribution is 5.95. The van der Waals surface area contributed by atoms with Gasteiger partial charge in [-0.15, -0.1) is 0 Å². The summed E-state index contributed by atoms with van der Waals surface area (Å²) in [6.45, 7) is 2.04. The van der Waals surface area contributed by atoms with E-state index >= 15 is 0 Å². The topological polar surface area (TPSA) is 60.9 Å². The molecule has 0 bridgehead atoms. The normalized spacial score (nSPS) is 18.3. The van der Waals surface area contributed by atoms with E-state index in [2.05, 4.69) is 4.98 Å². The number of ether oxygens (including phenoxy) is 3. The van der Waals surface area contributed by atoms with Gasteiger partial charge in [0, 0.05) is 37.7 Å². The summed E-state index contributed by atoms with van der Waals surface area (Å²) in [7, 11) is 0. The quantitative estimate of drug-likeness (QED) is 0.837. The number of carbonyl (C=O) groups excluding carboxylic acids is 1. The molecule has 1 aromatic heterocycles. The summed E-state index contributed by atoms with van der Waals surface area (Å²) >= 11 is 0. The van der Waals surface area contributed by atoms with Crippen LogP contribution in [0.15, 0.2) is 42.7 Å². The van der Waals surface area contributed by atoms with Crippen LogP contribution in [0.2, 0.25) is 0 Å². The van der Waals surface area contributed by atoms with Crippen molar-refractivity contribution in [2.75, 3.05) is 19.9 Å². The summed E-state index contributed by atoms with van der Waals surface area (Å²) in [6.07, 6.45) is 5.64. The van der Waals surface area contributed by atoms with Crippen molar-refractivity contribution in [3.8, 4) is 11.5 Å². The lowest BCUT2D eigenvalue weighted by molar-refractivity contribution is 0.0507. The maximum absolute atomic E-state index is 13.1. The van der Waals surface area contributed by atoms with Crippen LogP contribution < -0.4 is 9.47 Å². The van der Waals surface area contributed by atoms with Gasteiger partial charge in [0.25, 0.3) is 5.91 Å². The van der Waals surface area contributed by atoms with Gasteiger partial charge in [0.15, 0.2) is 11.5 Å². The van der Waals surface area contributed by atoms with Crippen molar-refractivity contribution in [3.05, 3.63) is 53.9 Å². The highest BCUT2D eigenvalue weighted by atomic mass is 16.7. The van der Waals surface area contributed by atoms with E-state index in [-0.39, 0.29) is 18.8 Å². The molecule has 0 aliphatic carbocycles. The highest BCUT2D eigenvalue weighted by Gasteiger charge is 2.25. The Labute approximate surface area is 146 Å². The third kappa shape index (κ3) is 3.58. The van der Waals surface area contributed by atoms with Crippen LogP contribution in [0.4, 0.5) is 0 Å². The molecule has 0 spiro atoms. The average Bonchev–Trinajstić information content (AvgIpc) is 3.32. The number of amides is 1. The van der Waals surface area contributed by atoms with Crippen molar-refractivity contribution >= 4 is 5.91 Å². The number of hydrogen-bond donors (Lipinski definition) is 0. The van der Waals surface area contributed by atoms with Crippen molar-refractivity contribution in [2.45, 2.75) is 25.5 Å². The Kier molecular flexibility index (Phi) is 4.52. The van der Waals surface area contributed by atoms with Gasteiger partial charge >= 0.3 is 0 Å². The Morgan fingerprint density at radius 3 is 2.96 bits per heavy atom. The molecule has 130 valence electrons. The summed E-state index contributed by atoms with van der Waals surface area (Å²) in [5.41, 5.74) is 1.58. The molecule has 0 unspecified atom stereocenters. The fraction of sp³-hybridized carbons (Fsp3) is 0.368. The second-order valence-electron chi connectivity index (χ2n) is 6.25. The third-order valence-electron chi connectivity index (χ3n) is 4.45. The summed E-state index contributed by atoms with van der Waals surface area (Å²) in [5, 5.41) is 0. The number of carbonyl (C=O) groups is 1. The SMILES string of the molecule is O=C(c1ccc2c(c1)OCO2)N(Cc1cccnc1)C[C@@H]1CCCO1. The molecule has 3 heterocycles. The number of benzene rings is 1. The fourth-order valence-electron chi connectivity index (χ4n) is 3.18. The average molecular weight is 340 g/mol. The lowest BCUT2D eigenvalue weighted by Gasteiger charge is -2.25. The lowest BCUT2D eigenvalue weighted by Crippen LogP contribution is -2.37. The van der Waals surface area contributed by atoms with E-state index in [4.69, 9.17) is 14.2 Å². The van der Waals surface area contributed by atoms with Crippen molar-refractivity contribution in [1.82, 2.24) is 9.88 Å². The molecule has 0 N–H and O–H groups in total. The first-order valence-electron chi connectivity index (χ1n) is 8.49. The monoisotopic (exact) mass is 340 g/mol. The number of fused-ring (bicyclic) bond motifs is 1. The van der Waals surface area contributed by atoms with E-state index in [0.717, 1.165) is 25.0 Å². The Hall–Kier alpha value is -2.60. The van der Waals surface area contributed by atoms with Crippen LogP contribution in [0.5, 0.6) is 11.5 Å². The van der Waals surface area contributed by atoms with Gasteiger partial charge in [0.05, 0.1) is 6.10 Å². The number of rotatable bonds is 5. The van der Waals surface area contributed by atoms with Gasteiger partial charge in [-0.1, -0.05) is 6.07 Å². The van der Waals surface area contributed by atoms with Gasteiger partial charge in [0.1, 0.15) is 0 Å². The van der Waals surface area contributed by atoms with Crippen LogP contribution in [0.3, 0.4) is 0 Å². The zero-order valence-electron chi connectivity index (χ0n) is 13.9. The molecule has 1 amide bonds. The first-order valence-corrected chi connectivity index (χ1v) is 8.49. The number of pyridine rings is 1. The summed E-state index contributed by atoms with van der Waals surface area (Å²) in [6, 6.07) is 9.16. The Morgan fingerprint density at radius 2 is 2.16 bits per heavy atom. The van der Waals surface area contributed by atoms with Crippen LogP contribution in [0, 0.1) is 0 Å². The summed E-state index contributed by atoms with van der Waals surface area (Å²) in [4.78, 5) is 19.1. The lowest BCUT2D eigenvalue weighted by atomic mass is 10.1. The van der Waals surface area contributed by atoms with Gasteiger partial charge in [-0.25, -0.2) is 0 Å². The molecule has 1 saturated heterocycles. The maximum Gasteiger partial charge on any atom is 0.254 e. The standard InChI is InChI=1S/C19H20N2O4/c22-19(15-5-6-17-18(9-15)25-13-24-17)21(12-16-4-2-8-23-16)11-14-3-1-7-20-10-14/h1,3,5-7,9-10,16H,2,4,8,11-13H2/t16-/m0/s1. The number of aromatic nitrogens is 1. The van der Waals surface area contributed by atoms with Crippen LogP contribution in [0.25, 0.3) is 0 Å². The van der Waals surface area contributed by atoms with Crippen LogP contribution in [-0.4, -0.2) is 41.8 Å². The maximum atomic E-state index is 13.1. The molecular formula is C19H20N2O4.